The summed E-state index contributed by atoms with van der Waals surface area (Å²) in [6.45, 7) is 7.46. The van der Waals surface area contributed by atoms with Crippen molar-refractivity contribution in [3.8, 4) is 0 Å². The number of rotatable bonds is 10. The Morgan fingerprint density at radius 2 is 1.45 bits per heavy atom. The molecule has 166 valence electrons. The average Bonchev–Trinajstić information content (AvgIpc) is 2.67. The number of unbranched alkanes of at least 4 members (excludes halogenated alkanes) is 2. The largest absolute Gasteiger partial charge is 0.385 e. The van der Waals surface area contributed by atoms with Gasteiger partial charge in [0.1, 0.15) is 0 Å². The molecule has 1 fully saturated rings. The molecule has 0 amide bonds. The Morgan fingerprint density at radius 1 is 0.862 bits per heavy atom. The zero-order valence-electron chi connectivity index (χ0n) is 17.8. The molecule has 0 radical (unpaired) electrons. The van der Waals surface area contributed by atoms with Gasteiger partial charge < -0.3 is 5.32 Å². The molecule has 0 unspecified atom stereocenters. The van der Waals surface area contributed by atoms with Crippen molar-refractivity contribution >= 4 is 25.7 Å². The van der Waals surface area contributed by atoms with Gasteiger partial charge in [-0.25, -0.2) is 21.6 Å². The van der Waals surface area contributed by atoms with Gasteiger partial charge in [0.05, 0.1) is 9.64 Å². The van der Waals surface area contributed by atoms with E-state index >= 15 is 0 Å². The molecule has 1 heterocycles. The monoisotopic (exact) mass is 445 g/mol. The number of hydrogen-bond donors (Lipinski definition) is 2. The van der Waals surface area contributed by atoms with Crippen molar-refractivity contribution in [2.24, 2.45) is 0 Å². The van der Waals surface area contributed by atoms with Gasteiger partial charge >= 0.3 is 0 Å². The molecular formula is C20H35N3O4S2. The Balaban J connectivity index is 1.70. The van der Waals surface area contributed by atoms with E-state index in [-0.39, 0.29) is 0 Å². The van der Waals surface area contributed by atoms with Crippen molar-refractivity contribution in [1.29, 1.82) is 0 Å². The summed E-state index contributed by atoms with van der Waals surface area (Å²) in [6, 6.07) is 6.92. The van der Waals surface area contributed by atoms with Gasteiger partial charge in [-0.15, -0.1) is 0 Å². The third kappa shape index (κ3) is 6.94. The van der Waals surface area contributed by atoms with Crippen LogP contribution in [0.3, 0.4) is 0 Å². The lowest BCUT2D eigenvalue weighted by atomic mass is 10.2. The minimum Gasteiger partial charge on any atom is -0.385 e. The predicted octanol–water partition coefficient (Wildman–Crippen LogP) is 3.16. The molecule has 0 bridgehead atoms. The highest BCUT2D eigenvalue weighted by Crippen LogP contribution is 2.22. The van der Waals surface area contributed by atoms with E-state index in [2.05, 4.69) is 10.0 Å². The first-order valence-electron chi connectivity index (χ1n) is 10.4. The van der Waals surface area contributed by atoms with Gasteiger partial charge in [0.15, 0.2) is 0 Å². The molecule has 1 aliphatic heterocycles. The summed E-state index contributed by atoms with van der Waals surface area (Å²) >= 11 is 0. The van der Waals surface area contributed by atoms with Gasteiger partial charge in [0.25, 0.3) is 0 Å². The maximum atomic E-state index is 12.6. The van der Waals surface area contributed by atoms with Gasteiger partial charge in [-0.05, 0) is 70.7 Å². The second-order valence-electron chi connectivity index (χ2n) is 8.49. The van der Waals surface area contributed by atoms with E-state index in [0.29, 0.717) is 24.5 Å². The highest BCUT2D eigenvalue weighted by atomic mass is 32.2. The van der Waals surface area contributed by atoms with Crippen LogP contribution in [-0.2, 0) is 20.0 Å². The smallest absolute Gasteiger partial charge is 0.243 e. The molecule has 1 aromatic rings. The Labute approximate surface area is 176 Å². The number of hydrogen-bond acceptors (Lipinski definition) is 5. The zero-order valence-corrected chi connectivity index (χ0v) is 19.4. The van der Waals surface area contributed by atoms with Crippen molar-refractivity contribution in [3.05, 3.63) is 24.3 Å². The van der Waals surface area contributed by atoms with Crippen molar-refractivity contribution < 1.29 is 16.8 Å². The Hall–Kier alpha value is -1.16. The Morgan fingerprint density at radius 3 is 2.03 bits per heavy atom. The molecular weight excluding hydrogens is 410 g/mol. The normalized spacial score (nSPS) is 16.7. The van der Waals surface area contributed by atoms with E-state index in [9.17, 15) is 16.8 Å². The van der Waals surface area contributed by atoms with Crippen LogP contribution in [0.1, 0.15) is 59.3 Å². The highest BCUT2D eigenvalue weighted by molar-refractivity contribution is 7.90. The van der Waals surface area contributed by atoms with Crippen molar-refractivity contribution in [2.75, 3.05) is 31.5 Å². The standard InChI is InChI=1S/C20H35N3O4S2/c1-20(2,3)29(26,27)22-15-7-4-6-14-21-18-10-12-19(13-11-18)28(24,25)23-16-8-5-9-17-23/h10-13,21-22H,4-9,14-17H2,1-3H3. The van der Waals surface area contributed by atoms with Crippen LogP contribution in [0.2, 0.25) is 0 Å². The fraction of sp³-hybridized carbons (Fsp3) is 0.700. The van der Waals surface area contributed by atoms with Gasteiger partial charge in [-0.2, -0.15) is 4.31 Å². The highest BCUT2D eigenvalue weighted by Gasteiger charge is 2.28. The quantitative estimate of drug-likeness (QED) is 0.539. The second kappa shape index (κ2) is 10.2. The second-order valence-corrected chi connectivity index (χ2v) is 12.9. The van der Waals surface area contributed by atoms with Gasteiger partial charge in [-0.3, -0.25) is 0 Å². The van der Waals surface area contributed by atoms with E-state index in [1.807, 2.05) is 0 Å². The summed E-state index contributed by atoms with van der Waals surface area (Å²) in [5.41, 5.74) is 0.885. The first-order chi connectivity index (χ1) is 13.5. The molecule has 29 heavy (non-hydrogen) atoms. The SMILES string of the molecule is CC(C)(C)S(=O)(=O)NCCCCCNc1ccc(S(=O)(=O)N2CCCCC2)cc1. The number of anilines is 1. The van der Waals surface area contributed by atoms with Crippen molar-refractivity contribution in [2.45, 2.75) is 68.9 Å². The molecule has 0 aliphatic carbocycles. The van der Waals surface area contributed by atoms with Crippen molar-refractivity contribution in [3.63, 3.8) is 0 Å². The Kier molecular flexibility index (Phi) is 8.51. The van der Waals surface area contributed by atoms with E-state index in [0.717, 1.165) is 50.8 Å². The van der Waals surface area contributed by atoms with Crippen LogP contribution in [0.5, 0.6) is 0 Å². The fourth-order valence-corrected chi connectivity index (χ4v) is 5.44. The van der Waals surface area contributed by atoms with Crippen LogP contribution in [0.25, 0.3) is 0 Å². The molecule has 0 spiro atoms. The number of piperidine rings is 1. The third-order valence-corrected chi connectivity index (χ3v) is 9.20. The molecule has 1 saturated heterocycles. The molecule has 2 N–H and O–H groups in total. The molecule has 0 saturated carbocycles. The minimum atomic E-state index is -3.39. The van der Waals surface area contributed by atoms with Crippen LogP contribution in [0.4, 0.5) is 5.69 Å². The maximum absolute atomic E-state index is 12.6. The first kappa shape index (κ1) is 24.1. The number of nitrogens with one attached hydrogen (secondary N) is 2. The minimum absolute atomic E-state index is 0.344. The van der Waals surface area contributed by atoms with Crippen LogP contribution in [0.15, 0.2) is 29.2 Å². The summed E-state index contributed by atoms with van der Waals surface area (Å²) in [5, 5.41) is 3.29. The molecule has 0 aromatic heterocycles. The number of sulfonamides is 2. The van der Waals surface area contributed by atoms with Crippen LogP contribution in [0, 0.1) is 0 Å². The summed E-state index contributed by atoms with van der Waals surface area (Å²) in [5.74, 6) is 0. The van der Waals surface area contributed by atoms with E-state index < -0.39 is 24.8 Å². The van der Waals surface area contributed by atoms with E-state index in [1.165, 1.54) is 0 Å². The van der Waals surface area contributed by atoms with Crippen LogP contribution >= 0.6 is 0 Å². The number of benzene rings is 1. The fourth-order valence-electron chi connectivity index (χ4n) is 3.08. The Bertz CT molecular complexity index is 839. The van der Waals surface area contributed by atoms with Gasteiger partial charge in [0, 0.05) is 31.9 Å². The zero-order chi connectivity index (χ0) is 21.5. The summed E-state index contributed by atoms with van der Waals surface area (Å²) in [7, 11) is -6.66. The van der Waals surface area contributed by atoms with E-state index in [1.54, 1.807) is 49.3 Å². The number of nitrogens with zero attached hydrogens (tertiary/aromatic N) is 1. The van der Waals surface area contributed by atoms with E-state index in [4.69, 9.17) is 0 Å². The van der Waals surface area contributed by atoms with Gasteiger partial charge in [-0.1, -0.05) is 12.8 Å². The average molecular weight is 446 g/mol. The topological polar surface area (TPSA) is 95.6 Å². The van der Waals surface area contributed by atoms with Crippen LogP contribution in [-0.4, -0.2) is 52.1 Å². The molecule has 7 nitrogen and oxygen atoms in total. The lowest BCUT2D eigenvalue weighted by Crippen LogP contribution is -2.39. The summed E-state index contributed by atoms with van der Waals surface area (Å²) in [6.07, 6.45) is 5.54. The lowest BCUT2D eigenvalue weighted by Gasteiger charge is -2.25. The summed E-state index contributed by atoms with van der Waals surface area (Å²) in [4.78, 5) is 0.344. The summed E-state index contributed by atoms with van der Waals surface area (Å²) < 4.78 is 52.6. The maximum Gasteiger partial charge on any atom is 0.243 e. The van der Waals surface area contributed by atoms with Gasteiger partial charge in [0.2, 0.25) is 20.0 Å². The molecule has 1 aliphatic rings. The molecule has 9 heteroatoms. The molecule has 2 rings (SSSR count). The first-order valence-corrected chi connectivity index (χ1v) is 13.3. The molecule has 0 atom stereocenters. The third-order valence-electron chi connectivity index (χ3n) is 5.09. The van der Waals surface area contributed by atoms with Crippen molar-refractivity contribution in [1.82, 2.24) is 9.03 Å². The van der Waals surface area contributed by atoms with Crippen LogP contribution < -0.4 is 10.0 Å². The molecule has 1 aromatic carbocycles. The lowest BCUT2D eigenvalue weighted by molar-refractivity contribution is 0.346. The predicted molar refractivity (Wildman–Crippen MR) is 118 cm³/mol.